The third-order valence-electron chi connectivity index (χ3n) is 8.54. The lowest BCUT2D eigenvalue weighted by Crippen LogP contribution is -2.74. The number of benzene rings is 4. The highest BCUT2D eigenvalue weighted by Crippen LogP contribution is 2.36. The number of aliphatic hydroxyl groups is 1. The van der Waals surface area contributed by atoms with Gasteiger partial charge in [0, 0.05) is 18.5 Å². The first-order valence-electron chi connectivity index (χ1n) is 16.2. The minimum atomic E-state index is -1.60. The summed E-state index contributed by atoms with van der Waals surface area (Å²) in [5.41, 5.74) is 6.86. The van der Waals surface area contributed by atoms with Crippen LogP contribution in [-0.2, 0) is 28.3 Å². The van der Waals surface area contributed by atoms with Crippen molar-refractivity contribution in [2.24, 2.45) is 17.4 Å². The number of primary amides is 1. The molecule has 12 heteroatoms. The Morgan fingerprint density at radius 1 is 0.740 bits per heavy atom. The quantitative estimate of drug-likeness (QED) is 0.0550. The molecule has 0 saturated heterocycles. The zero-order chi connectivity index (χ0) is 35.7. The van der Waals surface area contributed by atoms with E-state index in [4.69, 9.17) is 17.4 Å². The van der Waals surface area contributed by atoms with Crippen molar-refractivity contribution in [2.75, 3.05) is 0 Å². The molecule has 9 N–H and O–H groups in total. The van der Waals surface area contributed by atoms with E-state index in [2.05, 4.69) is 15.6 Å². The Balaban J connectivity index is 1.56. The summed E-state index contributed by atoms with van der Waals surface area (Å²) in [6.07, 6.45) is -1.79. The highest BCUT2D eigenvalue weighted by Gasteiger charge is 2.52. The summed E-state index contributed by atoms with van der Waals surface area (Å²) in [6.45, 7) is 1.83. The van der Waals surface area contributed by atoms with Crippen molar-refractivity contribution in [3.63, 3.8) is 0 Å². The fourth-order valence-electron chi connectivity index (χ4n) is 6.16. The maximum atomic E-state index is 14.2. The van der Waals surface area contributed by atoms with Crippen LogP contribution in [0.5, 0.6) is 0 Å². The van der Waals surface area contributed by atoms with Gasteiger partial charge in [-0.15, -0.1) is 0 Å². The molecule has 0 aliphatic heterocycles. The van der Waals surface area contributed by atoms with Gasteiger partial charge in [-0.2, -0.15) is 0 Å². The van der Waals surface area contributed by atoms with E-state index in [0.29, 0.717) is 11.1 Å². The summed E-state index contributed by atoms with van der Waals surface area (Å²) in [5, 5.41) is 20.9. The fraction of sp³-hybridized carbons (Fsp3) is 0.211. The molecule has 1 aromatic heterocycles. The molecule has 2 unspecified atom stereocenters. The van der Waals surface area contributed by atoms with Crippen LogP contribution in [0.1, 0.15) is 40.5 Å². The van der Waals surface area contributed by atoms with Gasteiger partial charge in [-0.05, 0) is 35.7 Å². The molecule has 0 saturated carbocycles. The smallest absolute Gasteiger partial charge is 0.270 e. The average molecular weight is 675 g/mol. The molecule has 258 valence electrons. The molecule has 50 heavy (non-hydrogen) atoms. The molecule has 0 fully saturated rings. The number of hydrazine groups is 2. The number of carbonyl (C=O) groups is 3. The number of rotatable bonds is 15. The summed E-state index contributed by atoms with van der Waals surface area (Å²) < 4.78 is 0. The Bertz CT molecular complexity index is 1850. The molecule has 5 aromatic rings. The highest BCUT2D eigenvalue weighted by atomic mass is 16.3. The molecule has 3 atom stereocenters. The van der Waals surface area contributed by atoms with Crippen molar-refractivity contribution in [3.8, 4) is 0 Å². The molecule has 3 amide bonds. The Hall–Kier alpha value is -5.50. The summed E-state index contributed by atoms with van der Waals surface area (Å²) in [7, 11) is 0. The minimum Gasteiger partial charge on any atom is -0.391 e. The molecule has 1 heterocycles. The number of hydrogen-bond donors (Lipinski definition) is 6. The molecule has 5 rings (SSSR count). The summed E-state index contributed by atoms with van der Waals surface area (Å²) in [4.78, 5) is 44.3. The van der Waals surface area contributed by atoms with E-state index in [-0.39, 0.29) is 18.8 Å². The summed E-state index contributed by atoms with van der Waals surface area (Å²) in [6, 6.07) is 35.9. The van der Waals surface area contributed by atoms with E-state index in [1.165, 1.54) is 23.0 Å². The molecule has 0 aliphatic carbocycles. The lowest BCUT2D eigenvalue weighted by molar-refractivity contribution is -0.145. The maximum Gasteiger partial charge on any atom is 0.270 e. The zero-order valence-corrected chi connectivity index (χ0v) is 27.7. The number of nitrogens with one attached hydrogen (secondary N) is 2. The van der Waals surface area contributed by atoms with Gasteiger partial charge >= 0.3 is 0 Å². The Labute approximate surface area is 290 Å². The van der Waals surface area contributed by atoms with Gasteiger partial charge in [0.1, 0.15) is 17.4 Å². The van der Waals surface area contributed by atoms with E-state index < -0.39 is 48.0 Å². The van der Waals surface area contributed by atoms with Crippen LogP contribution in [0.4, 0.5) is 0 Å². The van der Waals surface area contributed by atoms with Gasteiger partial charge in [-0.25, -0.2) is 15.0 Å². The van der Waals surface area contributed by atoms with Gasteiger partial charge in [0.25, 0.3) is 5.91 Å². The fourth-order valence-corrected chi connectivity index (χ4v) is 6.16. The number of amides is 3. The third-order valence-corrected chi connectivity index (χ3v) is 8.54. The number of hydrogen-bond acceptors (Lipinski definition) is 9. The van der Waals surface area contributed by atoms with Gasteiger partial charge in [0.15, 0.2) is 0 Å². The number of nitrogens with two attached hydrogens (primary N) is 3. The standard InChI is InChI=1S/C38H42N8O4/c1-26(47)35(44-37(50)33(23-34(39)48)43-36(49)32-22-21-29-17-11-12-20-31(29)42-32)38(30-18-9-4-10-19-30,45(40)24-27-13-5-2-6-14-27)46(41)25-28-15-7-3-8-16-28/h2-22,26,33,35,47H,23-25,40-41H2,1H3,(H2,39,48)(H,43,49)(H,44,50)/t26?,33-,35?/m0/s1. The second kappa shape index (κ2) is 16.3. The Morgan fingerprint density at radius 2 is 1.26 bits per heavy atom. The monoisotopic (exact) mass is 674 g/mol. The molecule has 4 aromatic carbocycles. The van der Waals surface area contributed by atoms with Crippen LogP contribution in [-0.4, -0.2) is 56.0 Å². The van der Waals surface area contributed by atoms with Crippen LogP contribution < -0.4 is 28.1 Å². The lowest BCUT2D eigenvalue weighted by atomic mass is 9.85. The molecule has 0 bridgehead atoms. The van der Waals surface area contributed by atoms with Gasteiger partial charge in [-0.1, -0.05) is 115 Å². The number of pyridine rings is 1. The van der Waals surface area contributed by atoms with Crippen molar-refractivity contribution in [1.82, 2.24) is 25.6 Å². The first kappa shape index (κ1) is 35.8. The molecule has 12 nitrogen and oxygen atoms in total. The van der Waals surface area contributed by atoms with Crippen molar-refractivity contribution in [1.29, 1.82) is 0 Å². The second-order valence-electron chi connectivity index (χ2n) is 12.1. The molecule has 0 aliphatic rings. The van der Waals surface area contributed by atoms with E-state index in [9.17, 15) is 19.5 Å². The van der Waals surface area contributed by atoms with Gasteiger partial charge in [-0.3, -0.25) is 26.1 Å². The number of carbonyl (C=O) groups excluding carboxylic acids is 3. The second-order valence-corrected chi connectivity index (χ2v) is 12.1. The predicted molar refractivity (Wildman–Crippen MR) is 191 cm³/mol. The van der Waals surface area contributed by atoms with Crippen molar-refractivity contribution >= 4 is 28.6 Å². The number of aromatic nitrogens is 1. The first-order chi connectivity index (χ1) is 24.1. The largest absolute Gasteiger partial charge is 0.391 e. The zero-order valence-electron chi connectivity index (χ0n) is 27.7. The van der Waals surface area contributed by atoms with Crippen LogP contribution in [0.25, 0.3) is 10.9 Å². The van der Waals surface area contributed by atoms with Gasteiger partial charge in [0.05, 0.1) is 24.1 Å². The van der Waals surface area contributed by atoms with E-state index in [1.54, 1.807) is 18.2 Å². The van der Waals surface area contributed by atoms with Crippen LogP contribution in [0.15, 0.2) is 127 Å². The molecular weight excluding hydrogens is 632 g/mol. The van der Waals surface area contributed by atoms with Crippen molar-refractivity contribution < 1.29 is 19.5 Å². The van der Waals surface area contributed by atoms with Gasteiger partial charge in [0.2, 0.25) is 11.8 Å². The number of fused-ring (bicyclic) bond motifs is 1. The molecular formula is C38H42N8O4. The van der Waals surface area contributed by atoms with Crippen LogP contribution in [0.3, 0.4) is 0 Å². The average Bonchev–Trinajstić information content (AvgIpc) is 3.12. The molecule has 0 radical (unpaired) electrons. The summed E-state index contributed by atoms with van der Waals surface area (Å²) >= 11 is 0. The van der Waals surface area contributed by atoms with Crippen LogP contribution >= 0.6 is 0 Å². The van der Waals surface area contributed by atoms with E-state index in [0.717, 1.165) is 16.5 Å². The van der Waals surface area contributed by atoms with Crippen molar-refractivity contribution in [2.45, 2.75) is 50.3 Å². The van der Waals surface area contributed by atoms with Gasteiger partial charge < -0.3 is 21.5 Å². The third kappa shape index (κ3) is 8.20. The van der Waals surface area contributed by atoms with Crippen LogP contribution in [0.2, 0.25) is 0 Å². The topological polar surface area (TPSA) is 193 Å². The van der Waals surface area contributed by atoms with Crippen molar-refractivity contribution in [3.05, 3.63) is 150 Å². The Kier molecular flexibility index (Phi) is 11.6. The van der Waals surface area contributed by atoms with E-state index in [1.807, 2.05) is 103 Å². The van der Waals surface area contributed by atoms with Crippen LogP contribution in [0, 0.1) is 0 Å². The number of aliphatic hydroxyl groups excluding tert-OH is 1. The first-order valence-corrected chi connectivity index (χ1v) is 16.2. The number of nitrogens with zero attached hydrogens (tertiary/aromatic N) is 3. The maximum absolute atomic E-state index is 14.2. The SMILES string of the molecule is CC(O)C(NC(=O)[C@H](CC(N)=O)NC(=O)c1ccc2ccccc2n1)C(c1ccccc1)(N(N)Cc1ccccc1)N(N)Cc1ccccc1. The summed E-state index contributed by atoms with van der Waals surface area (Å²) in [5.74, 6) is 11.8. The molecule has 0 spiro atoms. The normalized spacial score (nSPS) is 13.5. The highest BCUT2D eigenvalue weighted by molar-refractivity contribution is 5.99. The van der Waals surface area contributed by atoms with E-state index >= 15 is 0 Å². The predicted octanol–water partition coefficient (Wildman–Crippen LogP) is 2.68. The Morgan fingerprint density at radius 3 is 1.80 bits per heavy atom. The minimum absolute atomic E-state index is 0.0451. The number of para-hydroxylation sites is 1. The lowest BCUT2D eigenvalue weighted by Gasteiger charge is -2.53.